The molecule has 5 nitrogen and oxygen atoms in total. The number of halogens is 6. The second-order valence-electron chi connectivity index (χ2n) is 5.84. The molecule has 1 aliphatic heterocycles. The van der Waals surface area contributed by atoms with Gasteiger partial charge in [-0.1, -0.05) is 30.3 Å². The molecule has 0 aromatic heterocycles. The summed E-state index contributed by atoms with van der Waals surface area (Å²) in [5, 5.41) is 12.5. The van der Waals surface area contributed by atoms with Crippen molar-refractivity contribution in [1.29, 1.82) is 0 Å². The maximum Gasteiger partial charge on any atom is 0.490 e. The van der Waals surface area contributed by atoms with Gasteiger partial charge in [-0.25, -0.2) is 4.79 Å². The Balaban J connectivity index is 0.000000445. The first-order chi connectivity index (χ1) is 12.4. The Kier molecular flexibility index (Phi) is 8.07. The molecule has 0 radical (unpaired) electrons. The van der Waals surface area contributed by atoms with Crippen LogP contribution in [0.4, 0.5) is 26.3 Å². The summed E-state index contributed by atoms with van der Waals surface area (Å²) < 4.78 is 68.4. The number of hydrogen-bond donors (Lipinski definition) is 3. The molecule has 27 heavy (non-hydrogen) atoms. The lowest BCUT2D eigenvalue weighted by molar-refractivity contribution is -0.192. The number of hydrogen-bond acceptors (Lipinski definition) is 3. The van der Waals surface area contributed by atoms with Crippen LogP contribution in [-0.4, -0.2) is 48.0 Å². The van der Waals surface area contributed by atoms with Crippen LogP contribution < -0.4 is 10.6 Å². The van der Waals surface area contributed by atoms with Crippen LogP contribution in [0, 0.1) is 0 Å². The summed E-state index contributed by atoms with van der Waals surface area (Å²) in [4.78, 5) is 19.8. The molecule has 1 aromatic carbocycles. The SMILES string of the molecule is O=C(NC1CCNC(Cc2ccccc2)C1)C(F)(F)F.O=C(O)C(F)(F)F. The molecule has 1 aliphatic rings. The van der Waals surface area contributed by atoms with Gasteiger partial charge < -0.3 is 15.7 Å². The van der Waals surface area contributed by atoms with Gasteiger partial charge in [-0.2, -0.15) is 26.3 Å². The quantitative estimate of drug-likeness (QED) is 0.682. The molecule has 3 N–H and O–H groups in total. The van der Waals surface area contributed by atoms with Crippen molar-refractivity contribution < 1.29 is 41.0 Å². The largest absolute Gasteiger partial charge is 0.490 e. The molecular weight excluding hydrogens is 382 g/mol. The van der Waals surface area contributed by atoms with E-state index in [1.807, 2.05) is 30.3 Å². The van der Waals surface area contributed by atoms with Gasteiger partial charge in [0.15, 0.2) is 0 Å². The minimum Gasteiger partial charge on any atom is -0.475 e. The number of aliphatic carboxylic acids is 1. The summed E-state index contributed by atoms with van der Waals surface area (Å²) in [7, 11) is 0. The highest BCUT2D eigenvalue weighted by Gasteiger charge is 2.40. The molecule has 2 atom stereocenters. The zero-order valence-electron chi connectivity index (χ0n) is 13.9. The molecule has 2 rings (SSSR count). The Morgan fingerprint density at radius 2 is 1.63 bits per heavy atom. The average Bonchev–Trinajstić information content (AvgIpc) is 2.55. The maximum atomic E-state index is 12.2. The van der Waals surface area contributed by atoms with Crippen LogP contribution in [0.2, 0.25) is 0 Å². The van der Waals surface area contributed by atoms with Crippen LogP contribution in [-0.2, 0) is 16.0 Å². The molecule has 1 fully saturated rings. The summed E-state index contributed by atoms with van der Waals surface area (Å²) in [6, 6.07) is 9.43. The Morgan fingerprint density at radius 1 is 1.07 bits per heavy atom. The second-order valence-corrected chi connectivity index (χ2v) is 5.84. The highest BCUT2D eigenvalue weighted by Crippen LogP contribution is 2.18. The number of amides is 1. The van der Waals surface area contributed by atoms with Crippen molar-refractivity contribution in [1.82, 2.24) is 10.6 Å². The van der Waals surface area contributed by atoms with Gasteiger partial charge in [0.25, 0.3) is 0 Å². The molecule has 1 heterocycles. The maximum absolute atomic E-state index is 12.2. The molecule has 0 saturated carbocycles. The summed E-state index contributed by atoms with van der Waals surface area (Å²) in [6.45, 7) is 0.611. The van der Waals surface area contributed by atoms with Crippen LogP contribution >= 0.6 is 0 Å². The summed E-state index contributed by atoms with van der Waals surface area (Å²) in [6.07, 6.45) is -8.11. The van der Waals surface area contributed by atoms with Crippen LogP contribution in [0.5, 0.6) is 0 Å². The van der Waals surface area contributed by atoms with E-state index in [4.69, 9.17) is 9.90 Å². The number of carbonyl (C=O) groups is 2. The molecular formula is C16H18F6N2O3. The van der Waals surface area contributed by atoms with E-state index in [1.165, 1.54) is 0 Å². The van der Waals surface area contributed by atoms with Gasteiger partial charge in [-0.05, 0) is 31.4 Å². The fourth-order valence-electron chi connectivity index (χ4n) is 2.46. The van der Waals surface area contributed by atoms with Crippen molar-refractivity contribution in [2.75, 3.05) is 6.54 Å². The van der Waals surface area contributed by atoms with E-state index in [2.05, 4.69) is 10.6 Å². The molecule has 0 bridgehead atoms. The predicted octanol–water partition coefficient (Wildman–Crippen LogP) is 2.66. The minimum absolute atomic E-state index is 0.0877. The normalized spacial score (nSPS) is 20.2. The zero-order valence-corrected chi connectivity index (χ0v) is 13.9. The molecule has 11 heteroatoms. The molecule has 152 valence electrons. The van der Waals surface area contributed by atoms with E-state index >= 15 is 0 Å². The van der Waals surface area contributed by atoms with E-state index in [9.17, 15) is 31.1 Å². The summed E-state index contributed by atoms with van der Waals surface area (Å²) in [5.41, 5.74) is 1.13. The van der Waals surface area contributed by atoms with Gasteiger partial charge >= 0.3 is 24.2 Å². The number of rotatable bonds is 3. The molecule has 0 spiro atoms. The summed E-state index contributed by atoms with van der Waals surface area (Å²) >= 11 is 0. The van der Waals surface area contributed by atoms with Crippen LogP contribution in [0.1, 0.15) is 18.4 Å². The lowest BCUT2D eigenvalue weighted by Gasteiger charge is -2.31. The highest BCUT2D eigenvalue weighted by molar-refractivity contribution is 5.81. The Hall–Kier alpha value is -2.30. The number of piperidine rings is 1. The second kappa shape index (κ2) is 9.58. The van der Waals surface area contributed by atoms with Gasteiger partial charge in [-0.15, -0.1) is 0 Å². The third-order valence-electron chi connectivity index (χ3n) is 3.65. The van der Waals surface area contributed by atoms with E-state index in [0.29, 0.717) is 19.4 Å². The molecule has 2 unspecified atom stereocenters. The van der Waals surface area contributed by atoms with Crippen molar-refractivity contribution in [2.24, 2.45) is 0 Å². The van der Waals surface area contributed by atoms with Crippen LogP contribution in [0.3, 0.4) is 0 Å². The highest BCUT2D eigenvalue weighted by atomic mass is 19.4. The fourth-order valence-corrected chi connectivity index (χ4v) is 2.46. The van der Waals surface area contributed by atoms with E-state index in [-0.39, 0.29) is 6.04 Å². The van der Waals surface area contributed by atoms with Gasteiger partial charge in [0.2, 0.25) is 0 Å². The van der Waals surface area contributed by atoms with Crippen molar-refractivity contribution in [3.05, 3.63) is 35.9 Å². The number of alkyl halides is 6. The first-order valence-electron chi connectivity index (χ1n) is 7.84. The lowest BCUT2D eigenvalue weighted by atomic mass is 9.94. The Bertz CT molecular complexity index is 619. The monoisotopic (exact) mass is 400 g/mol. The topological polar surface area (TPSA) is 78.4 Å². The van der Waals surface area contributed by atoms with Crippen molar-refractivity contribution in [3.8, 4) is 0 Å². The predicted molar refractivity (Wildman–Crippen MR) is 82.8 cm³/mol. The van der Waals surface area contributed by atoms with Crippen molar-refractivity contribution >= 4 is 11.9 Å². The summed E-state index contributed by atoms with van der Waals surface area (Å²) in [5.74, 6) is -4.60. The first kappa shape index (κ1) is 22.7. The van der Waals surface area contributed by atoms with Crippen LogP contribution in [0.25, 0.3) is 0 Å². The van der Waals surface area contributed by atoms with Gasteiger partial charge in [0.1, 0.15) is 0 Å². The number of carboxylic acid groups (broad SMARTS) is 1. The molecule has 0 aliphatic carbocycles. The van der Waals surface area contributed by atoms with Crippen molar-refractivity contribution in [2.45, 2.75) is 43.7 Å². The van der Waals surface area contributed by atoms with Gasteiger partial charge in [-0.3, -0.25) is 4.79 Å². The fraction of sp³-hybridized carbons (Fsp3) is 0.500. The average molecular weight is 400 g/mol. The Morgan fingerprint density at radius 3 is 2.11 bits per heavy atom. The molecule has 1 amide bonds. The zero-order chi connectivity index (χ0) is 20.7. The number of carbonyl (C=O) groups excluding carboxylic acids is 1. The molecule has 1 saturated heterocycles. The number of benzene rings is 1. The van der Waals surface area contributed by atoms with Gasteiger partial charge in [0, 0.05) is 12.1 Å². The number of carboxylic acids is 1. The minimum atomic E-state index is -5.08. The number of nitrogens with one attached hydrogen (secondary N) is 2. The first-order valence-corrected chi connectivity index (χ1v) is 7.84. The van der Waals surface area contributed by atoms with Crippen LogP contribution in [0.15, 0.2) is 30.3 Å². The van der Waals surface area contributed by atoms with E-state index in [0.717, 1.165) is 12.0 Å². The third-order valence-corrected chi connectivity index (χ3v) is 3.65. The smallest absolute Gasteiger partial charge is 0.475 e. The van der Waals surface area contributed by atoms with Gasteiger partial charge in [0.05, 0.1) is 0 Å². The van der Waals surface area contributed by atoms with E-state index in [1.54, 1.807) is 0 Å². The standard InChI is InChI=1S/C14H17F3N2O.C2HF3O2/c15-14(16,17)13(20)19-11-6-7-18-12(9-11)8-10-4-2-1-3-5-10;3-2(4,5)1(6)7/h1-5,11-12,18H,6-9H2,(H,19,20);(H,6,7). The molecule has 1 aromatic rings. The van der Waals surface area contributed by atoms with E-state index < -0.39 is 30.3 Å². The van der Waals surface area contributed by atoms with Crippen molar-refractivity contribution in [3.63, 3.8) is 0 Å². The lowest BCUT2D eigenvalue weighted by Crippen LogP contribution is -2.51. The third kappa shape index (κ3) is 8.76. The Labute approximate surface area is 150 Å².